The Morgan fingerprint density at radius 1 is 1.29 bits per heavy atom. The minimum absolute atomic E-state index is 0.131. The Bertz CT molecular complexity index is 385. The van der Waals surface area contributed by atoms with Crippen LogP contribution in [0.2, 0.25) is 0 Å². The van der Waals surface area contributed by atoms with E-state index in [4.69, 9.17) is 4.74 Å². The van der Waals surface area contributed by atoms with E-state index >= 15 is 0 Å². The number of ether oxygens (including phenoxy) is 1. The molecule has 0 aliphatic carbocycles. The topological polar surface area (TPSA) is 43.4 Å². The van der Waals surface area contributed by atoms with E-state index in [0.29, 0.717) is 11.3 Å². The molecule has 0 spiro atoms. The quantitative estimate of drug-likeness (QED) is 0.464. The molecule has 3 nitrogen and oxygen atoms in total. The Hall–Kier alpha value is -1.16. The largest absolute Gasteiger partial charge is 0.426 e. The molecule has 1 aromatic rings. The molecule has 0 radical (unpaired) electrons. The zero-order valence-corrected chi connectivity index (χ0v) is 9.42. The number of hydrogen-bond acceptors (Lipinski definition) is 3. The molecule has 4 heteroatoms. The van der Waals surface area contributed by atoms with Crippen molar-refractivity contribution in [2.75, 3.05) is 0 Å². The van der Waals surface area contributed by atoms with Crippen molar-refractivity contribution in [1.82, 2.24) is 0 Å². The molecule has 0 aromatic heterocycles. The Balaban J connectivity index is 3.15. The van der Waals surface area contributed by atoms with Crippen LogP contribution in [-0.2, 0) is 4.79 Å². The van der Waals surface area contributed by atoms with Crippen LogP contribution in [0.25, 0.3) is 0 Å². The maximum Gasteiger partial charge on any atom is 0.308 e. The summed E-state index contributed by atoms with van der Waals surface area (Å²) < 4.78 is 5.66. The fourth-order valence-corrected chi connectivity index (χ4v) is 1.37. The molecule has 0 heterocycles. The zero-order valence-electron chi connectivity index (χ0n) is 7.83. The number of hydrogen-bond donors (Lipinski definition) is 0. The molecule has 1 rings (SSSR count). The predicted octanol–water partition coefficient (Wildman–Crippen LogP) is 2.58. The van der Waals surface area contributed by atoms with Gasteiger partial charge in [0.05, 0.1) is 5.56 Å². The van der Waals surface area contributed by atoms with Gasteiger partial charge in [0.1, 0.15) is 5.75 Å². The smallest absolute Gasteiger partial charge is 0.308 e. The van der Waals surface area contributed by atoms with E-state index in [2.05, 4.69) is 15.9 Å². The Morgan fingerprint density at radius 3 is 2.43 bits per heavy atom. The van der Waals surface area contributed by atoms with E-state index in [0.717, 1.165) is 4.47 Å². The third-order valence-corrected chi connectivity index (χ3v) is 2.07. The zero-order chi connectivity index (χ0) is 10.7. The molecule has 0 N–H and O–H groups in total. The van der Waals surface area contributed by atoms with Gasteiger partial charge in [-0.25, -0.2) is 0 Å². The van der Waals surface area contributed by atoms with Gasteiger partial charge in [0.25, 0.3) is 0 Å². The van der Waals surface area contributed by atoms with Crippen molar-refractivity contribution < 1.29 is 14.3 Å². The van der Waals surface area contributed by atoms with Gasteiger partial charge in [-0.3, -0.25) is 9.59 Å². The third kappa shape index (κ3) is 2.67. The van der Waals surface area contributed by atoms with Crippen LogP contribution in [0.4, 0.5) is 0 Å². The van der Waals surface area contributed by atoms with Crippen molar-refractivity contribution in [3.63, 3.8) is 0 Å². The summed E-state index contributed by atoms with van der Waals surface area (Å²) in [6.45, 7) is 2.72. The van der Waals surface area contributed by atoms with Crippen LogP contribution in [-0.4, -0.2) is 11.8 Å². The average Bonchev–Trinajstić information content (AvgIpc) is 2.01. The second-order valence-electron chi connectivity index (χ2n) is 2.79. The van der Waals surface area contributed by atoms with Gasteiger partial charge in [-0.1, -0.05) is 15.9 Å². The maximum atomic E-state index is 11.2. The molecule has 0 aliphatic rings. The van der Waals surface area contributed by atoms with E-state index in [1.54, 1.807) is 18.2 Å². The van der Waals surface area contributed by atoms with Crippen molar-refractivity contribution in [3.8, 4) is 5.75 Å². The molecule has 0 atom stereocenters. The summed E-state index contributed by atoms with van der Waals surface area (Å²) in [4.78, 5) is 21.9. The molecule has 0 saturated carbocycles. The summed E-state index contributed by atoms with van der Waals surface area (Å²) in [5.74, 6) is -0.279. The SMILES string of the molecule is CC(=O)Oc1cc(Br)ccc1C(C)=O. The minimum atomic E-state index is -0.439. The highest BCUT2D eigenvalue weighted by Gasteiger charge is 2.10. The van der Waals surface area contributed by atoms with Gasteiger partial charge in [0, 0.05) is 11.4 Å². The number of ketones is 1. The summed E-state index contributed by atoms with van der Waals surface area (Å²) >= 11 is 3.23. The summed E-state index contributed by atoms with van der Waals surface area (Å²) in [7, 11) is 0. The molecule has 0 bridgehead atoms. The third-order valence-electron chi connectivity index (χ3n) is 1.58. The van der Waals surface area contributed by atoms with Gasteiger partial charge in [0.2, 0.25) is 0 Å². The first-order chi connectivity index (χ1) is 6.50. The number of Topliss-reactive ketones (excluding diaryl/α,β-unsaturated/α-hetero) is 1. The minimum Gasteiger partial charge on any atom is -0.426 e. The van der Waals surface area contributed by atoms with Gasteiger partial charge in [-0.2, -0.15) is 0 Å². The fourth-order valence-electron chi connectivity index (χ4n) is 1.03. The normalized spacial score (nSPS) is 9.64. The number of carbonyl (C=O) groups is 2. The molecular weight excluding hydrogens is 248 g/mol. The molecule has 0 fully saturated rings. The number of halogens is 1. The van der Waals surface area contributed by atoms with Crippen molar-refractivity contribution in [2.24, 2.45) is 0 Å². The average molecular weight is 257 g/mol. The number of esters is 1. The maximum absolute atomic E-state index is 11.2. The summed E-state index contributed by atoms with van der Waals surface area (Å²) in [5.41, 5.74) is 0.406. The highest BCUT2D eigenvalue weighted by molar-refractivity contribution is 9.10. The number of rotatable bonds is 2. The van der Waals surface area contributed by atoms with Crippen LogP contribution >= 0.6 is 15.9 Å². The first-order valence-electron chi connectivity index (χ1n) is 3.99. The molecule has 1 aromatic carbocycles. The lowest BCUT2D eigenvalue weighted by molar-refractivity contribution is -0.131. The Labute approximate surface area is 90.2 Å². The molecular formula is C10H9BrO3. The Kier molecular flexibility index (Phi) is 3.41. The Morgan fingerprint density at radius 2 is 1.93 bits per heavy atom. The molecule has 0 amide bonds. The van der Waals surface area contributed by atoms with Crippen LogP contribution in [0, 0.1) is 0 Å². The first-order valence-corrected chi connectivity index (χ1v) is 4.79. The van der Waals surface area contributed by atoms with Gasteiger partial charge < -0.3 is 4.74 Å². The van der Waals surface area contributed by atoms with E-state index in [-0.39, 0.29) is 5.78 Å². The van der Waals surface area contributed by atoms with Crippen molar-refractivity contribution in [2.45, 2.75) is 13.8 Å². The molecule has 0 saturated heterocycles. The van der Waals surface area contributed by atoms with E-state index in [1.165, 1.54) is 13.8 Å². The van der Waals surface area contributed by atoms with Crippen LogP contribution in [0.15, 0.2) is 22.7 Å². The van der Waals surface area contributed by atoms with Gasteiger partial charge in [-0.15, -0.1) is 0 Å². The van der Waals surface area contributed by atoms with Crippen molar-refractivity contribution in [1.29, 1.82) is 0 Å². The summed E-state index contributed by atoms with van der Waals surface area (Å²) in [5, 5.41) is 0. The van der Waals surface area contributed by atoms with Crippen LogP contribution in [0.5, 0.6) is 5.75 Å². The van der Waals surface area contributed by atoms with E-state index < -0.39 is 5.97 Å². The fraction of sp³-hybridized carbons (Fsp3) is 0.200. The van der Waals surface area contributed by atoms with Crippen molar-refractivity contribution >= 4 is 27.7 Å². The summed E-state index contributed by atoms with van der Waals surface area (Å²) in [6.07, 6.45) is 0. The highest BCUT2D eigenvalue weighted by atomic mass is 79.9. The lowest BCUT2D eigenvalue weighted by Crippen LogP contribution is -2.05. The number of benzene rings is 1. The second-order valence-corrected chi connectivity index (χ2v) is 3.71. The van der Waals surface area contributed by atoms with Crippen LogP contribution < -0.4 is 4.74 Å². The molecule has 0 unspecified atom stereocenters. The predicted molar refractivity (Wildman–Crippen MR) is 55.5 cm³/mol. The highest BCUT2D eigenvalue weighted by Crippen LogP contribution is 2.24. The lowest BCUT2D eigenvalue weighted by atomic mass is 10.1. The van der Waals surface area contributed by atoms with Crippen LogP contribution in [0.1, 0.15) is 24.2 Å². The van der Waals surface area contributed by atoms with Gasteiger partial charge in [-0.05, 0) is 25.1 Å². The van der Waals surface area contributed by atoms with E-state index in [1.807, 2.05) is 0 Å². The monoisotopic (exact) mass is 256 g/mol. The van der Waals surface area contributed by atoms with Gasteiger partial charge >= 0.3 is 5.97 Å². The van der Waals surface area contributed by atoms with Crippen LogP contribution in [0.3, 0.4) is 0 Å². The second kappa shape index (κ2) is 4.37. The summed E-state index contributed by atoms with van der Waals surface area (Å²) in [6, 6.07) is 4.94. The van der Waals surface area contributed by atoms with E-state index in [9.17, 15) is 9.59 Å². The number of carbonyl (C=O) groups excluding carboxylic acids is 2. The molecule has 14 heavy (non-hydrogen) atoms. The van der Waals surface area contributed by atoms with Crippen molar-refractivity contribution in [3.05, 3.63) is 28.2 Å². The van der Waals surface area contributed by atoms with Gasteiger partial charge in [0.15, 0.2) is 5.78 Å². The molecule has 0 aliphatic heterocycles. The molecule has 74 valence electrons. The first kappa shape index (κ1) is 10.9. The standard InChI is InChI=1S/C10H9BrO3/c1-6(12)9-4-3-8(11)5-10(9)14-7(2)13/h3-5H,1-2H3. The lowest BCUT2D eigenvalue weighted by Gasteiger charge is -2.06.